The van der Waals surface area contributed by atoms with Crippen LogP contribution in [0.1, 0.15) is 5.56 Å². The summed E-state index contributed by atoms with van der Waals surface area (Å²) in [5, 5.41) is 3.32. The standard InChI is InChI=1S/C15H14BrClN2O/c16-14-11(17)7-4-8-13(14)19-15(20)12(18)9-10-5-2-1-3-6-10/h1-8,12H,9,18H2,(H,19,20)/t12-/m0/s1. The summed E-state index contributed by atoms with van der Waals surface area (Å²) < 4.78 is 0.655. The van der Waals surface area contributed by atoms with Gasteiger partial charge in [0.15, 0.2) is 0 Å². The maximum absolute atomic E-state index is 12.1. The van der Waals surface area contributed by atoms with Gasteiger partial charge in [0.2, 0.25) is 5.91 Å². The molecule has 0 aliphatic rings. The van der Waals surface area contributed by atoms with Gasteiger partial charge in [-0.25, -0.2) is 0 Å². The SMILES string of the molecule is N[C@@H](Cc1ccccc1)C(=O)Nc1cccc(Cl)c1Br. The van der Waals surface area contributed by atoms with Crippen LogP contribution in [0.3, 0.4) is 0 Å². The molecule has 1 amide bonds. The molecular weight excluding hydrogens is 340 g/mol. The number of rotatable bonds is 4. The molecule has 20 heavy (non-hydrogen) atoms. The first-order valence-corrected chi connectivity index (χ1v) is 7.29. The Morgan fingerprint density at radius 2 is 1.90 bits per heavy atom. The molecule has 0 saturated heterocycles. The number of hydrogen-bond acceptors (Lipinski definition) is 2. The minimum absolute atomic E-state index is 0.239. The first kappa shape index (κ1) is 15.0. The summed E-state index contributed by atoms with van der Waals surface area (Å²) in [7, 11) is 0. The molecule has 0 spiro atoms. The highest BCUT2D eigenvalue weighted by Crippen LogP contribution is 2.30. The van der Waals surface area contributed by atoms with Gasteiger partial charge in [-0.2, -0.15) is 0 Å². The molecule has 0 unspecified atom stereocenters. The molecule has 2 rings (SSSR count). The molecule has 0 aliphatic carbocycles. The minimum Gasteiger partial charge on any atom is -0.324 e. The number of nitrogens with two attached hydrogens (primary N) is 1. The zero-order chi connectivity index (χ0) is 14.5. The Labute approximate surface area is 131 Å². The molecule has 0 fully saturated rings. The van der Waals surface area contributed by atoms with Crippen molar-refractivity contribution in [3.05, 3.63) is 63.6 Å². The van der Waals surface area contributed by atoms with Gasteiger partial charge in [-0.1, -0.05) is 48.0 Å². The Balaban J connectivity index is 2.03. The van der Waals surface area contributed by atoms with Gasteiger partial charge >= 0.3 is 0 Å². The molecule has 3 nitrogen and oxygen atoms in total. The normalized spacial score (nSPS) is 11.9. The van der Waals surface area contributed by atoms with E-state index in [4.69, 9.17) is 17.3 Å². The third-order valence-corrected chi connectivity index (χ3v) is 4.24. The van der Waals surface area contributed by atoms with Gasteiger partial charge < -0.3 is 11.1 Å². The molecule has 0 heterocycles. The van der Waals surface area contributed by atoms with Gasteiger partial charge in [-0.05, 0) is 40.0 Å². The van der Waals surface area contributed by atoms with E-state index >= 15 is 0 Å². The molecule has 1 atom stereocenters. The van der Waals surface area contributed by atoms with E-state index in [2.05, 4.69) is 21.2 Å². The predicted molar refractivity (Wildman–Crippen MR) is 85.9 cm³/mol. The van der Waals surface area contributed by atoms with Crippen LogP contribution in [0, 0.1) is 0 Å². The molecule has 3 N–H and O–H groups in total. The van der Waals surface area contributed by atoms with Crippen molar-refractivity contribution in [2.45, 2.75) is 12.5 Å². The maximum Gasteiger partial charge on any atom is 0.241 e. The van der Waals surface area contributed by atoms with E-state index in [0.717, 1.165) is 5.56 Å². The van der Waals surface area contributed by atoms with Crippen molar-refractivity contribution in [1.82, 2.24) is 0 Å². The maximum atomic E-state index is 12.1. The number of amides is 1. The van der Waals surface area contributed by atoms with Crippen LogP contribution in [0.15, 0.2) is 53.0 Å². The fourth-order valence-corrected chi connectivity index (χ4v) is 2.32. The molecule has 0 bridgehead atoms. The molecule has 0 aromatic heterocycles. The average Bonchev–Trinajstić information content (AvgIpc) is 2.45. The summed E-state index contributed by atoms with van der Waals surface area (Å²) in [6.07, 6.45) is 0.491. The van der Waals surface area contributed by atoms with Gasteiger partial charge in [-0.15, -0.1) is 0 Å². The number of nitrogens with one attached hydrogen (secondary N) is 1. The summed E-state index contributed by atoms with van der Waals surface area (Å²) in [5.41, 5.74) is 7.57. The van der Waals surface area contributed by atoms with Gasteiger partial charge in [0.1, 0.15) is 0 Å². The third kappa shape index (κ3) is 3.82. The number of anilines is 1. The summed E-state index contributed by atoms with van der Waals surface area (Å²) in [4.78, 5) is 12.1. The average molecular weight is 354 g/mol. The van der Waals surface area contributed by atoms with Crippen molar-refractivity contribution in [2.24, 2.45) is 5.73 Å². The zero-order valence-corrected chi connectivity index (χ0v) is 13.0. The van der Waals surface area contributed by atoms with E-state index in [0.29, 0.717) is 21.6 Å². The first-order chi connectivity index (χ1) is 9.58. The first-order valence-electron chi connectivity index (χ1n) is 6.12. The van der Waals surface area contributed by atoms with E-state index in [1.165, 1.54) is 0 Å². The fourth-order valence-electron chi connectivity index (χ4n) is 1.79. The highest BCUT2D eigenvalue weighted by Gasteiger charge is 2.15. The molecule has 0 radical (unpaired) electrons. The molecule has 5 heteroatoms. The topological polar surface area (TPSA) is 55.1 Å². The molecule has 2 aromatic rings. The second kappa shape index (κ2) is 6.88. The summed E-state index contributed by atoms with van der Waals surface area (Å²) in [6, 6.07) is 14.3. The van der Waals surface area contributed by atoms with Gasteiger partial charge in [0.25, 0.3) is 0 Å². The van der Waals surface area contributed by atoms with Crippen LogP contribution in [-0.2, 0) is 11.2 Å². The molecule has 104 valence electrons. The lowest BCUT2D eigenvalue weighted by Gasteiger charge is -2.13. The Morgan fingerprint density at radius 1 is 1.20 bits per heavy atom. The summed E-state index contributed by atoms with van der Waals surface area (Å²) in [5.74, 6) is -0.239. The van der Waals surface area contributed by atoms with Crippen molar-refractivity contribution in [3.63, 3.8) is 0 Å². The van der Waals surface area contributed by atoms with Crippen LogP contribution in [-0.4, -0.2) is 11.9 Å². The van der Waals surface area contributed by atoms with E-state index < -0.39 is 6.04 Å². The van der Waals surface area contributed by atoms with E-state index in [1.54, 1.807) is 18.2 Å². The van der Waals surface area contributed by atoms with Crippen LogP contribution in [0.4, 0.5) is 5.69 Å². The summed E-state index contributed by atoms with van der Waals surface area (Å²) >= 11 is 9.31. The van der Waals surface area contributed by atoms with Crippen LogP contribution in [0.2, 0.25) is 5.02 Å². The highest BCUT2D eigenvalue weighted by atomic mass is 79.9. The third-order valence-electron chi connectivity index (χ3n) is 2.84. The number of carbonyl (C=O) groups is 1. The number of benzene rings is 2. The molecule has 0 aliphatic heterocycles. The van der Waals surface area contributed by atoms with Crippen LogP contribution in [0.25, 0.3) is 0 Å². The lowest BCUT2D eigenvalue weighted by molar-refractivity contribution is -0.117. The van der Waals surface area contributed by atoms with E-state index in [-0.39, 0.29) is 5.91 Å². The van der Waals surface area contributed by atoms with Gasteiger partial charge in [0.05, 0.1) is 21.2 Å². The monoisotopic (exact) mass is 352 g/mol. The second-order valence-electron chi connectivity index (χ2n) is 4.39. The largest absolute Gasteiger partial charge is 0.324 e. The van der Waals surface area contributed by atoms with Gasteiger partial charge in [-0.3, -0.25) is 4.79 Å². The zero-order valence-electron chi connectivity index (χ0n) is 10.6. The number of hydrogen-bond donors (Lipinski definition) is 2. The predicted octanol–water partition coefficient (Wildman–Crippen LogP) is 3.61. The van der Waals surface area contributed by atoms with E-state index in [9.17, 15) is 4.79 Å². The van der Waals surface area contributed by atoms with Gasteiger partial charge in [0, 0.05) is 0 Å². The molecular formula is C15H14BrClN2O. The van der Waals surface area contributed by atoms with Crippen molar-refractivity contribution >= 4 is 39.1 Å². The Kier molecular flexibility index (Phi) is 5.17. The number of halogens is 2. The van der Waals surface area contributed by atoms with Crippen LogP contribution in [0.5, 0.6) is 0 Å². The lowest BCUT2D eigenvalue weighted by Crippen LogP contribution is -2.37. The smallest absolute Gasteiger partial charge is 0.241 e. The van der Waals surface area contributed by atoms with Crippen LogP contribution >= 0.6 is 27.5 Å². The highest BCUT2D eigenvalue weighted by molar-refractivity contribution is 9.10. The lowest BCUT2D eigenvalue weighted by atomic mass is 10.1. The van der Waals surface area contributed by atoms with Crippen molar-refractivity contribution in [3.8, 4) is 0 Å². The second-order valence-corrected chi connectivity index (χ2v) is 5.59. The Morgan fingerprint density at radius 3 is 2.60 bits per heavy atom. The van der Waals surface area contributed by atoms with Crippen molar-refractivity contribution < 1.29 is 4.79 Å². The van der Waals surface area contributed by atoms with E-state index in [1.807, 2.05) is 30.3 Å². The number of carbonyl (C=O) groups excluding carboxylic acids is 1. The van der Waals surface area contributed by atoms with Crippen molar-refractivity contribution in [2.75, 3.05) is 5.32 Å². The minimum atomic E-state index is -0.608. The molecule has 0 saturated carbocycles. The molecule has 2 aromatic carbocycles. The quantitative estimate of drug-likeness (QED) is 0.882. The Bertz CT molecular complexity index is 604. The van der Waals surface area contributed by atoms with Crippen LogP contribution < -0.4 is 11.1 Å². The fraction of sp³-hybridized carbons (Fsp3) is 0.133. The van der Waals surface area contributed by atoms with Crippen molar-refractivity contribution in [1.29, 1.82) is 0 Å². The summed E-state index contributed by atoms with van der Waals surface area (Å²) in [6.45, 7) is 0. The Hall–Kier alpha value is -1.36.